The van der Waals surface area contributed by atoms with Crippen LogP contribution in [0.1, 0.15) is 26.3 Å². The zero-order valence-corrected chi connectivity index (χ0v) is 14.8. The lowest BCUT2D eigenvalue weighted by atomic mass is 10.2. The quantitative estimate of drug-likeness (QED) is 0.654. The summed E-state index contributed by atoms with van der Waals surface area (Å²) in [6, 6.07) is 3.81. The first kappa shape index (κ1) is 18.0. The molecule has 0 aliphatic heterocycles. The van der Waals surface area contributed by atoms with Crippen LogP contribution in [-0.4, -0.2) is 42.8 Å². The van der Waals surface area contributed by atoms with E-state index in [4.69, 9.17) is 22.8 Å². The fourth-order valence-electron chi connectivity index (χ4n) is 2.29. The van der Waals surface area contributed by atoms with Crippen LogP contribution < -0.4 is 14.7 Å². The lowest BCUT2D eigenvalue weighted by Crippen LogP contribution is -2.57. The smallest absolute Gasteiger partial charge is 0.497 e. The fraction of sp³-hybridized carbons (Fsp3) is 0.600. The summed E-state index contributed by atoms with van der Waals surface area (Å²) < 4.78 is 28.8. The third-order valence-electron chi connectivity index (χ3n) is 3.02. The normalized spacial score (nSPS) is 11.5. The second kappa shape index (κ2) is 8.38. The molecule has 0 N–H and O–H groups in total. The average molecular weight is 314 g/mol. The van der Waals surface area contributed by atoms with Gasteiger partial charge in [0.15, 0.2) is 0 Å². The van der Waals surface area contributed by atoms with Crippen molar-refractivity contribution in [3.05, 3.63) is 17.7 Å². The molecule has 0 saturated heterocycles. The molecule has 1 aromatic rings. The Balaban J connectivity index is 3.49. The number of methoxy groups -OCH3 is 2. The molecule has 5 nitrogen and oxygen atoms in total. The lowest BCUT2D eigenvalue weighted by Gasteiger charge is -2.30. The van der Waals surface area contributed by atoms with Crippen molar-refractivity contribution in [1.29, 1.82) is 0 Å². The lowest BCUT2D eigenvalue weighted by molar-refractivity contribution is 0.0853. The van der Waals surface area contributed by atoms with Gasteiger partial charge in [0.1, 0.15) is 11.5 Å². The zero-order chi connectivity index (χ0) is 15.9. The van der Waals surface area contributed by atoms with Crippen LogP contribution in [0.3, 0.4) is 0 Å². The van der Waals surface area contributed by atoms with Gasteiger partial charge in [0, 0.05) is 19.8 Å². The Morgan fingerprint density at radius 3 is 1.76 bits per heavy atom. The van der Waals surface area contributed by atoms with Crippen molar-refractivity contribution in [2.45, 2.75) is 27.7 Å². The molecule has 0 aromatic heterocycles. The molecule has 120 valence electrons. The van der Waals surface area contributed by atoms with Crippen LogP contribution in [0, 0.1) is 6.92 Å². The topological polar surface area (TPSA) is 46.2 Å². The highest BCUT2D eigenvalue weighted by molar-refractivity contribution is 6.76. The maximum Gasteiger partial charge on any atom is 0.541 e. The van der Waals surface area contributed by atoms with Crippen LogP contribution in [0.5, 0.6) is 11.5 Å². The minimum atomic E-state index is -3.02. The third kappa shape index (κ3) is 3.97. The number of hydrogen-bond donors (Lipinski definition) is 0. The maximum atomic E-state index is 5.95. The van der Waals surface area contributed by atoms with Gasteiger partial charge in [0.2, 0.25) is 0 Å². The molecule has 21 heavy (non-hydrogen) atoms. The molecule has 0 atom stereocenters. The molecule has 0 saturated carbocycles. The third-order valence-corrected chi connectivity index (χ3v) is 6.06. The number of benzene rings is 1. The van der Waals surface area contributed by atoms with Gasteiger partial charge in [-0.15, -0.1) is 0 Å². The summed E-state index contributed by atoms with van der Waals surface area (Å²) in [5.74, 6) is 1.47. The Kier molecular flexibility index (Phi) is 7.17. The maximum absolute atomic E-state index is 5.95. The van der Waals surface area contributed by atoms with Gasteiger partial charge in [-0.1, -0.05) is 0 Å². The first-order valence-electron chi connectivity index (χ1n) is 7.23. The molecule has 0 aliphatic rings. The van der Waals surface area contributed by atoms with E-state index in [-0.39, 0.29) is 0 Å². The van der Waals surface area contributed by atoms with E-state index in [0.717, 1.165) is 22.2 Å². The van der Waals surface area contributed by atoms with E-state index < -0.39 is 8.80 Å². The Morgan fingerprint density at radius 2 is 1.38 bits per heavy atom. The molecule has 0 unspecified atom stereocenters. The van der Waals surface area contributed by atoms with Crippen LogP contribution in [0.25, 0.3) is 0 Å². The van der Waals surface area contributed by atoms with Gasteiger partial charge in [0.05, 0.1) is 19.4 Å². The molecule has 0 amide bonds. The Labute approximate surface area is 128 Å². The molecular formula is C15H26O5Si. The largest absolute Gasteiger partial charge is 0.541 e. The highest BCUT2D eigenvalue weighted by atomic mass is 28.4. The number of aryl methyl sites for hydroxylation is 1. The van der Waals surface area contributed by atoms with Crippen LogP contribution in [0.15, 0.2) is 12.1 Å². The van der Waals surface area contributed by atoms with Gasteiger partial charge < -0.3 is 22.8 Å². The molecule has 0 bridgehead atoms. The van der Waals surface area contributed by atoms with Gasteiger partial charge in [0.25, 0.3) is 0 Å². The summed E-state index contributed by atoms with van der Waals surface area (Å²) in [6.07, 6.45) is 0. The molecule has 1 rings (SSSR count). The Morgan fingerprint density at radius 1 is 0.857 bits per heavy atom. The number of ether oxygens (including phenoxy) is 2. The van der Waals surface area contributed by atoms with Gasteiger partial charge in [-0.25, -0.2) is 0 Å². The van der Waals surface area contributed by atoms with Crippen molar-refractivity contribution in [3.63, 3.8) is 0 Å². The predicted molar refractivity (Wildman–Crippen MR) is 84.5 cm³/mol. The second-order valence-electron chi connectivity index (χ2n) is 4.38. The Hall–Kier alpha value is -1.08. The van der Waals surface area contributed by atoms with Gasteiger partial charge in [-0.3, -0.25) is 0 Å². The molecule has 1 aromatic carbocycles. The minimum absolute atomic E-state index is 0.506. The fourth-order valence-corrected chi connectivity index (χ4v) is 5.04. The standard InChI is InChI=1S/C15H26O5Si/c1-7-18-21(19-8-2,20-9-3)14-11-13(16-5)10-12(4)15(14)17-6/h10-11H,7-9H2,1-6H3. The van der Waals surface area contributed by atoms with E-state index in [9.17, 15) is 0 Å². The first-order valence-corrected chi connectivity index (χ1v) is 8.95. The number of hydrogen-bond acceptors (Lipinski definition) is 5. The average Bonchev–Trinajstić information content (AvgIpc) is 2.47. The van der Waals surface area contributed by atoms with Crippen molar-refractivity contribution >= 4 is 14.0 Å². The van der Waals surface area contributed by atoms with E-state index in [1.807, 2.05) is 39.8 Å². The van der Waals surface area contributed by atoms with Crippen LogP contribution in [0.2, 0.25) is 0 Å². The monoisotopic (exact) mass is 314 g/mol. The molecule has 0 heterocycles. The number of rotatable bonds is 9. The molecule has 0 spiro atoms. The molecule has 6 heteroatoms. The van der Waals surface area contributed by atoms with Crippen LogP contribution in [-0.2, 0) is 13.3 Å². The van der Waals surface area contributed by atoms with Crippen LogP contribution >= 0.6 is 0 Å². The second-order valence-corrected chi connectivity index (χ2v) is 6.90. The molecule has 0 radical (unpaired) electrons. The summed E-state index contributed by atoms with van der Waals surface area (Å²) in [5, 5.41) is 0.812. The summed E-state index contributed by atoms with van der Waals surface area (Å²) in [6.45, 7) is 9.27. The van der Waals surface area contributed by atoms with E-state index in [1.54, 1.807) is 14.2 Å². The summed E-state index contributed by atoms with van der Waals surface area (Å²) in [7, 11) is 0.254. The molecule has 0 fully saturated rings. The van der Waals surface area contributed by atoms with Gasteiger partial charge in [-0.2, -0.15) is 0 Å². The molecular weight excluding hydrogens is 288 g/mol. The summed E-state index contributed by atoms with van der Waals surface area (Å²) in [5.41, 5.74) is 0.961. The van der Waals surface area contributed by atoms with Crippen molar-refractivity contribution in [1.82, 2.24) is 0 Å². The van der Waals surface area contributed by atoms with E-state index in [0.29, 0.717) is 19.8 Å². The van der Waals surface area contributed by atoms with Gasteiger partial charge in [-0.05, 0) is 45.4 Å². The SMILES string of the molecule is CCO[Si](OCC)(OCC)c1cc(OC)cc(C)c1OC. The van der Waals surface area contributed by atoms with Crippen LogP contribution in [0.4, 0.5) is 0 Å². The first-order chi connectivity index (χ1) is 10.1. The van der Waals surface area contributed by atoms with E-state index >= 15 is 0 Å². The summed E-state index contributed by atoms with van der Waals surface area (Å²) >= 11 is 0. The van der Waals surface area contributed by atoms with E-state index in [2.05, 4.69) is 0 Å². The minimum Gasteiger partial charge on any atom is -0.497 e. The highest BCUT2D eigenvalue weighted by Gasteiger charge is 2.46. The highest BCUT2D eigenvalue weighted by Crippen LogP contribution is 2.26. The van der Waals surface area contributed by atoms with Crippen molar-refractivity contribution < 1.29 is 22.8 Å². The zero-order valence-electron chi connectivity index (χ0n) is 13.8. The van der Waals surface area contributed by atoms with Crippen molar-refractivity contribution in [2.24, 2.45) is 0 Å². The van der Waals surface area contributed by atoms with E-state index in [1.165, 1.54) is 0 Å². The Bertz CT molecular complexity index is 433. The van der Waals surface area contributed by atoms with Crippen molar-refractivity contribution in [2.75, 3.05) is 34.0 Å². The van der Waals surface area contributed by atoms with Crippen molar-refractivity contribution in [3.8, 4) is 11.5 Å². The van der Waals surface area contributed by atoms with Gasteiger partial charge >= 0.3 is 8.80 Å². The predicted octanol–water partition coefficient (Wildman–Crippen LogP) is 2.27. The molecule has 0 aliphatic carbocycles. The summed E-state index contributed by atoms with van der Waals surface area (Å²) in [4.78, 5) is 0.